The van der Waals surface area contributed by atoms with E-state index in [1.54, 1.807) is 5.92 Å². The minimum atomic E-state index is -1.27. The molecule has 0 aromatic rings. The van der Waals surface area contributed by atoms with Crippen LogP contribution in [0.1, 0.15) is 6.42 Å². The predicted octanol–water partition coefficient (Wildman–Crippen LogP) is 0.151. The van der Waals surface area contributed by atoms with Crippen LogP contribution >= 0.6 is 0 Å². The monoisotopic (exact) mass is 154 g/mol. The first kappa shape index (κ1) is 9.24. The lowest BCUT2D eigenvalue weighted by atomic mass is 10.4. The molecule has 0 aliphatic rings. The van der Waals surface area contributed by atoms with E-state index < -0.39 is 11.9 Å². The van der Waals surface area contributed by atoms with Gasteiger partial charge in [0, 0.05) is 5.92 Å². The number of carboxylic acids is 1. The van der Waals surface area contributed by atoms with Crippen LogP contribution in [-0.2, 0) is 14.3 Å². The second-order valence-corrected chi connectivity index (χ2v) is 1.44. The molecular formula is C7H6O4. The van der Waals surface area contributed by atoms with Gasteiger partial charge < -0.3 is 9.84 Å². The molecule has 4 heteroatoms. The molecule has 58 valence electrons. The topological polar surface area (TPSA) is 63.6 Å². The van der Waals surface area contributed by atoms with Gasteiger partial charge in [0.25, 0.3) is 0 Å². The van der Waals surface area contributed by atoms with E-state index in [4.69, 9.17) is 5.11 Å². The van der Waals surface area contributed by atoms with Crippen molar-refractivity contribution in [2.24, 2.45) is 0 Å². The summed E-state index contributed by atoms with van der Waals surface area (Å²) in [5, 5.41) is 8.01. The largest absolute Gasteiger partial charge is 0.472 e. The zero-order valence-corrected chi connectivity index (χ0v) is 5.66. The molecule has 0 aliphatic heterocycles. The Labute approximate surface area is 63.5 Å². The van der Waals surface area contributed by atoms with Gasteiger partial charge >= 0.3 is 11.9 Å². The highest BCUT2D eigenvalue weighted by Crippen LogP contribution is 1.83. The number of hydrogen-bond acceptors (Lipinski definition) is 3. The Morgan fingerprint density at radius 3 is 2.73 bits per heavy atom. The van der Waals surface area contributed by atoms with Crippen molar-refractivity contribution in [1.29, 1.82) is 0 Å². The van der Waals surface area contributed by atoms with Gasteiger partial charge in [-0.1, -0.05) is 12.5 Å². The fraction of sp³-hybridized carbons (Fsp3) is 0.143. The zero-order valence-electron chi connectivity index (χ0n) is 5.66. The van der Waals surface area contributed by atoms with Crippen LogP contribution in [0.25, 0.3) is 0 Å². The van der Waals surface area contributed by atoms with E-state index in [1.165, 1.54) is 0 Å². The molecule has 0 saturated carbocycles. The van der Waals surface area contributed by atoms with Crippen LogP contribution in [0.2, 0.25) is 0 Å². The Bertz CT molecular complexity index is 231. The number of esters is 1. The van der Waals surface area contributed by atoms with Crippen molar-refractivity contribution in [3.63, 3.8) is 0 Å². The van der Waals surface area contributed by atoms with Gasteiger partial charge in [0.1, 0.15) is 6.42 Å². The molecule has 0 aliphatic carbocycles. The van der Waals surface area contributed by atoms with E-state index in [9.17, 15) is 9.59 Å². The molecule has 0 heterocycles. The Hall–Kier alpha value is -1.76. The number of ether oxygens (including phenoxy) is 1. The zero-order chi connectivity index (χ0) is 8.69. The maximum atomic E-state index is 10.4. The molecule has 0 amide bonds. The molecule has 11 heavy (non-hydrogen) atoms. The molecular weight excluding hydrogens is 148 g/mol. The third-order valence-corrected chi connectivity index (χ3v) is 0.643. The molecule has 0 unspecified atom stereocenters. The highest BCUT2D eigenvalue weighted by molar-refractivity contribution is 5.87. The summed E-state index contributed by atoms with van der Waals surface area (Å²) in [7, 11) is 0. The minimum absolute atomic E-state index is 0.238. The summed E-state index contributed by atoms with van der Waals surface area (Å²) >= 11 is 0. The summed E-state index contributed by atoms with van der Waals surface area (Å²) in [6.07, 6.45) is 0.725. The second kappa shape index (κ2) is 5.06. The van der Waals surface area contributed by atoms with Crippen LogP contribution in [0, 0.1) is 11.8 Å². The summed E-state index contributed by atoms with van der Waals surface area (Å²) < 4.78 is 4.25. The van der Waals surface area contributed by atoms with Crippen molar-refractivity contribution in [3.05, 3.63) is 12.8 Å². The van der Waals surface area contributed by atoms with Gasteiger partial charge in [0.2, 0.25) is 0 Å². The van der Waals surface area contributed by atoms with Crippen molar-refractivity contribution >= 4 is 11.9 Å². The minimum Gasteiger partial charge on any atom is -0.472 e. The van der Waals surface area contributed by atoms with E-state index in [0.29, 0.717) is 0 Å². The van der Waals surface area contributed by atoms with Crippen LogP contribution in [0.5, 0.6) is 0 Å². The molecule has 0 saturated heterocycles. The lowest BCUT2D eigenvalue weighted by Crippen LogP contribution is -1.97. The van der Waals surface area contributed by atoms with Crippen LogP contribution < -0.4 is 0 Å². The molecule has 4 nitrogen and oxygen atoms in total. The molecule has 1 N–H and O–H groups in total. The van der Waals surface area contributed by atoms with Crippen LogP contribution in [0.3, 0.4) is 0 Å². The van der Waals surface area contributed by atoms with Crippen LogP contribution in [0.15, 0.2) is 12.8 Å². The predicted molar refractivity (Wildman–Crippen MR) is 36.3 cm³/mol. The summed E-state index contributed by atoms with van der Waals surface area (Å²) in [6.45, 7) is 3.14. The van der Waals surface area contributed by atoms with Crippen molar-refractivity contribution in [2.75, 3.05) is 0 Å². The Kier molecular flexibility index (Phi) is 4.25. The van der Waals surface area contributed by atoms with E-state index in [2.05, 4.69) is 17.2 Å². The second-order valence-electron chi connectivity index (χ2n) is 1.44. The summed E-state index contributed by atoms with van der Waals surface area (Å²) in [4.78, 5) is 20.2. The van der Waals surface area contributed by atoms with Crippen molar-refractivity contribution in [3.8, 4) is 11.8 Å². The van der Waals surface area contributed by atoms with Gasteiger partial charge in [-0.3, -0.25) is 4.79 Å². The molecule has 0 atom stereocenters. The molecule has 0 radical (unpaired) electrons. The summed E-state index contributed by atoms with van der Waals surface area (Å²) in [5.74, 6) is 1.98. The van der Waals surface area contributed by atoms with Crippen molar-refractivity contribution in [1.82, 2.24) is 0 Å². The van der Waals surface area contributed by atoms with E-state index in [-0.39, 0.29) is 6.42 Å². The number of carbonyl (C=O) groups is 2. The first-order chi connectivity index (χ1) is 5.16. The molecule has 0 bridgehead atoms. The number of hydrogen-bond donors (Lipinski definition) is 1. The highest BCUT2D eigenvalue weighted by Gasteiger charge is 1.95. The van der Waals surface area contributed by atoms with Gasteiger partial charge in [-0.05, 0) is 0 Å². The number of carboxylic acid groups (broad SMARTS) is 1. The molecule has 0 rings (SSSR count). The van der Waals surface area contributed by atoms with Gasteiger partial charge in [0.05, 0.1) is 6.26 Å². The third-order valence-electron chi connectivity index (χ3n) is 0.643. The average Bonchev–Trinajstić information content (AvgIpc) is 1.87. The molecule has 0 spiro atoms. The Morgan fingerprint density at radius 2 is 2.27 bits per heavy atom. The standard InChI is InChI=1S/C7H6O4/c1-2-11-7(10)5-3-4-6(8)9/h2H,1,5H2,(H,8,9). The third kappa shape index (κ3) is 6.12. The fourth-order valence-corrected chi connectivity index (χ4v) is 0.327. The first-order valence-corrected chi connectivity index (χ1v) is 2.69. The van der Waals surface area contributed by atoms with E-state index in [0.717, 1.165) is 6.26 Å². The molecule has 0 aromatic carbocycles. The SMILES string of the molecule is C=COC(=O)CC#CC(=O)O. The first-order valence-electron chi connectivity index (χ1n) is 2.69. The number of aliphatic carboxylic acids is 1. The van der Waals surface area contributed by atoms with Crippen LogP contribution in [0.4, 0.5) is 0 Å². The van der Waals surface area contributed by atoms with Crippen LogP contribution in [-0.4, -0.2) is 17.0 Å². The van der Waals surface area contributed by atoms with Gasteiger partial charge in [-0.2, -0.15) is 0 Å². The lowest BCUT2D eigenvalue weighted by Gasteiger charge is -1.89. The molecule has 0 aromatic heterocycles. The van der Waals surface area contributed by atoms with Gasteiger partial charge in [-0.25, -0.2) is 4.79 Å². The quantitative estimate of drug-likeness (QED) is 0.349. The van der Waals surface area contributed by atoms with E-state index in [1.807, 2.05) is 0 Å². The van der Waals surface area contributed by atoms with Crippen molar-refractivity contribution in [2.45, 2.75) is 6.42 Å². The van der Waals surface area contributed by atoms with E-state index >= 15 is 0 Å². The van der Waals surface area contributed by atoms with Crippen molar-refractivity contribution < 1.29 is 19.4 Å². The lowest BCUT2D eigenvalue weighted by molar-refractivity contribution is -0.136. The average molecular weight is 154 g/mol. The molecule has 0 fully saturated rings. The summed E-state index contributed by atoms with van der Waals surface area (Å²) in [6, 6.07) is 0. The highest BCUT2D eigenvalue weighted by atomic mass is 16.5. The number of rotatable bonds is 2. The number of carbonyl (C=O) groups excluding carboxylic acids is 1. The Balaban J connectivity index is 3.72. The van der Waals surface area contributed by atoms with Gasteiger partial charge in [0.15, 0.2) is 0 Å². The summed E-state index contributed by atoms with van der Waals surface area (Å²) in [5.41, 5.74) is 0. The maximum Gasteiger partial charge on any atom is 0.381 e. The fourth-order valence-electron chi connectivity index (χ4n) is 0.327. The Morgan fingerprint density at radius 1 is 1.64 bits per heavy atom. The smallest absolute Gasteiger partial charge is 0.381 e. The maximum absolute atomic E-state index is 10.4. The normalized spacial score (nSPS) is 7.27. The van der Waals surface area contributed by atoms with Gasteiger partial charge in [-0.15, -0.1) is 0 Å².